The molecule has 14 heavy (non-hydrogen) atoms. The molecule has 0 aromatic heterocycles. The van der Waals surface area contributed by atoms with Crippen molar-refractivity contribution in [1.29, 1.82) is 0 Å². The summed E-state index contributed by atoms with van der Waals surface area (Å²) in [7, 11) is 0. The van der Waals surface area contributed by atoms with Gasteiger partial charge in [0.1, 0.15) is 0 Å². The molecule has 1 heterocycles. The highest BCUT2D eigenvalue weighted by Gasteiger charge is 2.26. The van der Waals surface area contributed by atoms with Crippen LogP contribution in [-0.4, -0.2) is 35.1 Å². The maximum absolute atomic E-state index is 11.6. The molecule has 0 saturated carbocycles. The number of amides is 1. The number of hydrogen-bond acceptors (Lipinski definition) is 2. The van der Waals surface area contributed by atoms with Crippen molar-refractivity contribution >= 4 is 5.91 Å². The molecule has 0 aromatic carbocycles. The maximum Gasteiger partial charge on any atom is 0.225 e. The molecule has 0 aromatic rings. The fourth-order valence-corrected chi connectivity index (χ4v) is 1.97. The summed E-state index contributed by atoms with van der Waals surface area (Å²) in [5.41, 5.74) is 0. The van der Waals surface area contributed by atoms with Gasteiger partial charge >= 0.3 is 0 Å². The van der Waals surface area contributed by atoms with Gasteiger partial charge in [-0.3, -0.25) is 4.79 Å². The van der Waals surface area contributed by atoms with E-state index in [1.165, 1.54) is 0 Å². The van der Waals surface area contributed by atoms with Crippen LogP contribution >= 0.6 is 0 Å². The summed E-state index contributed by atoms with van der Waals surface area (Å²) >= 11 is 0. The van der Waals surface area contributed by atoms with Crippen molar-refractivity contribution < 1.29 is 9.90 Å². The molecule has 1 amide bonds. The Bertz CT molecular complexity index is 193. The van der Waals surface area contributed by atoms with Gasteiger partial charge in [-0.25, -0.2) is 0 Å². The van der Waals surface area contributed by atoms with E-state index in [9.17, 15) is 9.90 Å². The highest BCUT2D eigenvalue weighted by atomic mass is 16.3. The zero-order valence-corrected chi connectivity index (χ0v) is 9.36. The molecule has 1 atom stereocenters. The van der Waals surface area contributed by atoms with Crippen LogP contribution in [0.25, 0.3) is 0 Å². The number of aliphatic hydroxyl groups excluding tert-OH is 1. The predicted octanol–water partition coefficient (Wildman–Crippen LogP) is 1.26. The first kappa shape index (κ1) is 11.5. The first-order chi connectivity index (χ1) is 6.52. The van der Waals surface area contributed by atoms with Crippen molar-refractivity contribution in [2.24, 2.45) is 11.8 Å². The molecule has 0 spiro atoms. The Morgan fingerprint density at radius 3 is 2.14 bits per heavy atom. The van der Waals surface area contributed by atoms with Crippen molar-refractivity contribution in [3.05, 3.63) is 0 Å². The first-order valence-electron chi connectivity index (χ1n) is 5.49. The second-order valence-corrected chi connectivity index (χ2v) is 4.56. The molecule has 1 N–H and O–H groups in total. The van der Waals surface area contributed by atoms with Crippen molar-refractivity contribution in [1.82, 2.24) is 4.90 Å². The van der Waals surface area contributed by atoms with Gasteiger partial charge in [-0.2, -0.15) is 0 Å². The molecule has 1 aliphatic rings. The van der Waals surface area contributed by atoms with Crippen molar-refractivity contribution in [3.8, 4) is 0 Å². The van der Waals surface area contributed by atoms with Crippen LogP contribution in [0.4, 0.5) is 0 Å². The van der Waals surface area contributed by atoms with E-state index in [0.717, 1.165) is 25.9 Å². The van der Waals surface area contributed by atoms with E-state index >= 15 is 0 Å². The normalized spacial score (nSPS) is 21.4. The van der Waals surface area contributed by atoms with Gasteiger partial charge < -0.3 is 10.0 Å². The highest BCUT2D eigenvalue weighted by Crippen LogP contribution is 2.21. The van der Waals surface area contributed by atoms with Gasteiger partial charge in [0.2, 0.25) is 5.91 Å². The monoisotopic (exact) mass is 199 g/mol. The van der Waals surface area contributed by atoms with Crippen LogP contribution in [0.3, 0.4) is 0 Å². The topological polar surface area (TPSA) is 40.5 Å². The van der Waals surface area contributed by atoms with Crippen LogP contribution in [0, 0.1) is 11.8 Å². The number of nitrogens with zero attached hydrogens (tertiary/aromatic N) is 1. The summed E-state index contributed by atoms with van der Waals surface area (Å²) in [6.45, 7) is 7.33. The third-order valence-electron chi connectivity index (χ3n) is 3.03. The molecule has 3 nitrogen and oxygen atoms in total. The molecule has 1 aliphatic heterocycles. The molecule has 0 aliphatic carbocycles. The maximum atomic E-state index is 11.6. The molecule has 3 heteroatoms. The minimum absolute atomic E-state index is 0.0955. The summed E-state index contributed by atoms with van der Waals surface area (Å²) in [5.74, 6) is 0.721. The van der Waals surface area contributed by atoms with E-state index in [4.69, 9.17) is 0 Å². The quantitative estimate of drug-likeness (QED) is 0.727. The van der Waals surface area contributed by atoms with E-state index in [1.54, 1.807) is 0 Å². The van der Waals surface area contributed by atoms with Crippen LogP contribution in [0.2, 0.25) is 0 Å². The Hall–Kier alpha value is -0.570. The van der Waals surface area contributed by atoms with Crippen LogP contribution in [-0.2, 0) is 4.79 Å². The molecule has 1 rings (SSSR count). The summed E-state index contributed by atoms with van der Waals surface area (Å²) in [4.78, 5) is 13.6. The lowest BCUT2D eigenvalue weighted by atomic mass is 9.92. The molecule has 1 fully saturated rings. The highest BCUT2D eigenvalue weighted by molar-refractivity contribution is 5.78. The van der Waals surface area contributed by atoms with E-state index < -0.39 is 0 Å². The van der Waals surface area contributed by atoms with Crippen LogP contribution < -0.4 is 0 Å². The smallest absolute Gasteiger partial charge is 0.225 e. The number of piperidine rings is 1. The standard InChI is InChI=1S/C11H21NO2/c1-8(2)11(14)12-6-4-10(5-7-12)9(3)13/h8-10,13H,4-7H2,1-3H3. The largest absolute Gasteiger partial charge is 0.393 e. The number of likely N-dealkylation sites (tertiary alicyclic amines) is 1. The Morgan fingerprint density at radius 2 is 1.79 bits per heavy atom. The second kappa shape index (κ2) is 4.78. The minimum Gasteiger partial charge on any atom is -0.393 e. The molecular formula is C11H21NO2. The van der Waals surface area contributed by atoms with Crippen LogP contribution in [0.5, 0.6) is 0 Å². The third-order valence-corrected chi connectivity index (χ3v) is 3.03. The second-order valence-electron chi connectivity index (χ2n) is 4.56. The molecule has 82 valence electrons. The van der Waals surface area contributed by atoms with Gasteiger partial charge in [-0.05, 0) is 25.7 Å². The van der Waals surface area contributed by atoms with E-state index in [-0.39, 0.29) is 17.9 Å². The van der Waals surface area contributed by atoms with Gasteiger partial charge in [0.25, 0.3) is 0 Å². The number of carbonyl (C=O) groups excluding carboxylic acids is 1. The number of aliphatic hydroxyl groups is 1. The molecule has 1 saturated heterocycles. The van der Waals surface area contributed by atoms with Crippen molar-refractivity contribution in [3.63, 3.8) is 0 Å². The molecule has 0 radical (unpaired) electrons. The average Bonchev–Trinajstić information content (AvgIpc) is 2.16. The van der Waals surface area contributed by atoms with E-state index in [2.05, 4.69) is 0 Å². The zero-order valence-electron chi connectivity index (χ0n) is 9.36. The lowest BCUT2D eigenvalue weighted by Crippen LogP contribution is -2.42. The van der Waals surface area contributed by atoms with Crippen LogP contribution in [0.15, 0.2) is 0 Å². The summed E-state index contributed by atoms with van der Waals surface area (Å²) in [6, 6.07) is 0. The molecule has 1 unspecified atom stereocenters. The predicted molar refractivity (Wildman–Crippen MR) is 55.8 cm³/mol. The number of rotatable bonds is 2. The first-order valence-corrected chi connectivity index (χ1v) is 5.49. The number of hydrogen-bond donors (Lipinski definition) is 1. The van der Waals surface area contributed by atoms with Crippen molar-refractivity contribution in [2.75, 3.05) is 13.1 Å². The SMILES string of the molecule is CC(C)C(=O)N1CCC(C(C)O)CC1. The van der Waals surface area contributed by atoms with Crippen molar-refractivity contribution in [2.45, 2.75) is 39.7 Å². The van der Waals surface area contributed by atoms with E-state index in [1.807, 2.05) is 25.7 Å². The Kier molecular flexibility index (Phi) is 3.93. The zero-order chi connectivity index (χ0) is 10.7. The Balaban J connectivity index is 2.39. The summed E-state index contributed by atoms with van der Waals surface area (Å²) in [5, 5.41) is 9.41. The third kappa shape index (κ3) is 2.71. The lowest BCUT2D eigenvalue weighted by molar-refractivity contribution is -0.136. The van der Waals surface area contributed by atoms with Gasteiger partial charge in [0.15, 0.2) is 0 Å². The molecule has 0 bridgehead atoms. The van der Waals surface area contributed by atoms with Gasteiger partial charge in [0, 0.05) is 19.0 Å². The fourth-order valence-electron chi connectivity index (χ4n) is 1.97. The van der Waals surface area contributed by atoms with Gasteiger partial charge in [-0.1, -0.05) is 13.8 Å². The number of carbonyl (C=O) groups is 1. The van der Waals surface area contributed by atoms with Gasteiger partial charge in [0.05, 0.1) is 6.10 Å². The van der Waals surface area contributed by atoms with E-state index in [0.29, 0.717) is 5.92 Å². The van der Waals surface area contributed by atoms with Crippen LogP contribution in [0.1, 0.15) is 33.6 Å². The van der Waals surface area contributed by atoms with Gasteiger partial charge in [-0.15, -0.1) is 0 Å². The minimum atomic E-state index is -0.230. The Labute approximate surface area is 86.1 Å². The average molecular weight is 199 g/mol. The molecular weight excluding hydrogens is 178 g/mol. The fraction of sp³-hybridized carbons (Fsp3) is 0.909. The summed E-state index contributed by atoms with van der Waals surface area (Å²) < 4.78 is 0. The Morgan fingerprint density at radius 1 is 1.29 bits per heavy atom. The lowest BCUT2D eigenvalue weighted by Gasteiger charge is -2.34. The summed E-state index contributed by atoms with van der Waals surface area (Å²) in [6.07, 6.45) is 1.65.